The zero-order valence-corrected chi connectivity index (χ0v) is 11.5. The topological polar surface area (TPSA) is 96.0 Å². The molecule has 0 spiro atoms. The molecular formula is C13H13N3O5. The molecule has 0 saturated carbocycles. The summed E-state index contributed by atoms with van der Waals surface area (Å²) in [7, 11) is 2.85. The number of benzene rings is 1. The second-order valence-electron chi connectivity index (χ2n) is 4.19. The summed E-state index contributed by atoms with van der Waals surface area (Å²) in [6.07, 6.45) is 0. The van der Waals surface area contributed by atoms with Crippen LogP contribution in [0.2, 0.25) is 0 Å². The molecule has 0 aromatic heterocycles. The van der Waals surface area contributed by atoms with E-state index in [2.05, 4.69) is 5.32 Å². The summed E-state index contributed by atoms with van der Waals surface area (Å²) in [5.74, 6) is -2.01. The third-order valence-electron chi connectivity index (χ3n) is 2.96. The van der Waals surface area contributed by atoms with E-state index >= 15 is 0 Å². The van der Waals surface area contributed by atoms with Crippen molar-refractivity contribution in [3.05, 3.63) is 24.3 Å². The van der Waals surface area contributed by atoms with Gasteiger partial charge < -0.3 is 10.1 Å². The fourth-order valence-electron chi connectivity index (χ4n) is 1.83. The van der Waals surface area contributed by atoms with Gasteiger partial charge in [-0.3, -0.25) is 14.4 Å². The van der Waals surface area contributed by atoms with Crippen LogP contribution < -0.4 is 15.0 Å². The van der Waals surface area contributed by atoms with Crippen LogP contribution in [0, 0.1) is 0 Å². The van der Waals surface area contributed by atoms with Gasteiger partial charge in [-0.05, 0) is 24.3 Å². The van der Waals surface area contributed by atoms with Crippen molar-refractivity contribution < 1.29 is 23.9 Å². The molecule has 1 aromatic carbocycles. The minimum Gasteiger partial charge on any atom is -0.497 e. The number of nitrogens with one attached hydrogen (secondary N) is 1. The maximum absolute atomic E-state index is 12.1. The van der Waals surface area contributed by atoms with Gasteiger partial charge in [-0.15, -0.1) is 0 Å². The Morgan fingerprint density at radius 1 is 1.14 bits per heavy atom. The molecule has 0 aliphatic carbocycles. The van der Waals surface area contributed by atoms with Gasteiger partial charge in [0, 0.05) is 7.05 Å². The fourth-order valence-corrected chi connectivity index (χ4v) is 1.83. The van der Waals surface area contributed by atoms with Crippen LogP contribution in [0.4, 0.5) is 10.5 Å². The molecule has 1 saturated heterocycles. The van der Waals surface area contributed by atoms with E-state index < -0.39 is 30.3 Å². The minimum absolute atomic E-state index is 0.235. The predicted molar refractivity (Wildman–Crippen MR) is 71.7 cm³/mol. The number of hydrogen-bond acceptors (Lipinski definition) is 5. The van der Waals surface area contributed by atoms with Crippen LogP contribution in [0.15, 0.2) is 24.3 Å². The fraction of sp³-hybridized carbons (Fsp3) is 0.231. The number of nitrogens with zero attached hydrogens (tertiary/aromatic N) is 2. The first-order valence-electron chi connectivity index (χ1n) is 6.04. The molecule has 0 unspecified atom stereocenters. The molecule has 1 aromatic rings. The van der Waals surface area contributed by atoms with Gasteiger partial charge in [-0.25, -0.2) is 14.6 Å². The monoisotopic (exact) mass is 291 g/mol. The van der Waals surface area contributed by atoms with E-state index in [1.807, 2.05) is 0 Å². The Kier molecular flexibility index (Phi) is 3.88. The van der Waals surface area contributed by atoms with Crippen molar-refractivity contribution in [2.45, 2.75) is 0 Å². The van der Waals surface area contributed by atoms with E-state index in [1.165, 1.54) is 26.3 Å². The molecule has 1 aliphatic heterocycles. The Labute approximate surface area is 120 Å². The predicted octanol–water partition coefficient (Wildman–Crippen LogP) is -0.264. The van der Waals surface area contributed by atoms with Crippen LogP contribution in [-0.4, -0.2) is 49.4 Å². The van der Waals surface area contributed by atoms with Crippen LogP contribution >= 0.6 is 0 Å². The summed E-state index contributed by atoms with van der Waals surface area (Å²) in [5.41, 5.74) is 0.235. The molecule has 1 N–H and O–H groups in total. The molecular weight excluding hydrogens is 278 g/mol. The number of carbonyl (C=O) groups excluding carboxylic acids is 4. The number of ether oxygens (including phenoxy) is 1. The summed E-state index contributed by atoms with van der Waals surface area (Å²) in [4.78, 5) is 48.4. The molecule has 2 rings (SSSR count). The van der Waals surface area contributed by atoms with Crippen LogP contribution in [-0.2, 0) is 14.4 Å². The lowest BCUT2D eigenvalue weighted by Gasteiger charge is -2.15. The van der Waals surface area contributed by atoms with Crippen molar-refractivity contribution in [1.29, 1.82) is 0 Å². The molecule has 110 valence electrons. The quantitative estimate of drug-likeness (QED) is 0.609. The average molecular weight is 291 g/mol. The largest absolute Gasteiger partial charge is 0.497 e. The second kappa shape index (κ2) is 5.61. The molecule has 1 aliphatic rings. The van der Waals surface area contributed by atoms with Gasteiger partial charge in [0.15, 0.2) is 0 Å². The van der Waals surface area contributed by atoms with Crippen LogP contribution in [0.3, 0.4) is 0 Å². The van der Waals surface area contributed by atoms with Gasteiger partial charge in [-0.2, -0.15) is 0 Å². The van der Waals surface area contributed by atoms with E-state index in [4.69, 9.17) is 4.74 Å². The highest BCUT2D eigenvalue weighted by Crippen LogP contribution is 2.24. The smallest absolute Gasteiger partial charge is 0.339 e. The van der Waals surface area contributed by atoms with E-state index in [0.717, 1.165) is 4.90 Å². The number of carbonyl (C=O) groups is 4. The summed E-state index contributed by atoms with van der Waals surface area (Å²) in [6.45, 7) is -0.493. The minimum atomic E-state index is -1.03. The summed E-state index contributed by atoms with van der Waals surface area (Å²) in [6, 6.07) is 5.22. The normalized spacial score (nSPS) is 14.7. The van der Waals surface area contributed by atoms with Crippen molar-refractivity contribution in [3.63, 3.8) is 0 Å². The van der Waals surface area contributed by atoms with E-state index in [0.29, 0.717) is 10.6 Å². The highest BCUT2D eigenvalue weighted by atomic mass is 16.5. The van der Waals surface area contributed by atoms with Crippen molar-refractivity contribution in [2.75, 3.05) is 25.6 Å². The summed E-state index contributed by atoms with van der Waals surface area (Å²) < 4.78 is 4.98. The van der Waals surface area contributed by atoms with E-state index in [-0.39, 0.29) is 5.69 Å². The highest BCUT2D eigenvalue weighted by Gasteiger charge is 2.45. The molecule has 0 atom stereocenters. The second-order valence-corrected chi connectivity index (χ2v) is 4.19. The maximum atomic E-state index is 12.1. The molecule has 0 radical (unpaired) electrons. The number of likely N-dealkylation sites (N-methyl/N-ethyl adjacent to an activating group) is 1. The number of rotatable bonds is 4. The molecule has 5 amide bonds. The Morgan fingerprint density at radius 3 is 2.29 bits per heavy atom. The van der Waals surface area contributed by atoms with Crippen molar-refractivity contribution in [1.82, 2.24) is 10.2 Å². The number of methoxy groups -OCH3 is 1. The third-order valence-corrected chi connectivity index (χ3v) is 2.96. The van der Waals surface area contributed by atoms with Gasteiger partial charge >= 0.3 is 17.8 Å². The van der Waals surface area contributed by atoms with Crippen LogP contribution in [0.5, 0.6) is 5.75 Å². The number of imide groups is 2. The lowest BCUT2D eigenvalue weighted by Crippen LogP contribution is -2.40. The molecule has 21 heavy (non-hydrogen) atoms. The number of amides is 5. The van der Waals surface area contributed by atoms with Crippen LogP contribution in [0.25, 0.3) is 0 Å². The van der Waals surface area contributed by atoms with Crippen molar-refractivity contribution in [3.8, 4) is 5.75 Å². The Morgan fingerprint density at radius 2 is 1.76 bits per heavy atom. The number of urea groups is 1. The van der Waals surface area contributed by atoms with Crippen molar-refractivity contribution in [2.24, 2.45) is 0 Å². The Bertz CT molecular complexity index is 611. The first kappa shape index (κ1) is 14.5. The Hall–Kier alpha value is -2.90. The van der Waals surface area contributed by atoms with Gasteiger partial charge in [0.05, 0.1) is 12.8 Å². The van der Waals surface area contributed by atoms with Gasteiger partial charge in [-0.1, -0.05) is 0 Å². The first-order chi connectivity index (χ1) is 9.99. The lowest BCUT2D eigenvalue weighted by molar-refractivity contribution is -0.140. The van der Waals surface area contributed by atoms with Crippen LogP contribution in [0.1, 0.15) is 0 Å². The number of hydrogen-bond donors (Lipinski definition) is 1. The standard InChI is InChI=1S/C13H13N3O5/c1-14-10(17)7-15-11(18)12(19)16(13(15)20)8-3-5-9(21-2)6-4-8/h3-6H,7H2,1-2H3,(H,14,17). The summed E-state index contributed by atoms with van der Waals surface area (Å²) >= 11 is 0. The van der Waals surface area contributed by atoms with Gasteiger partial charge in [0.25, 0.3) is 0 Å². The molecule has 1 heterocycles. The third kappa shape index (κ3) is 2.55. The molecule has 8 heteroatoms. The first-order valence-corrected chi connectivity index (χ1v) is 6.04. The average Bonchev–Trinajstić information content (AvgIpc) is 2.71. The molecule has 8 nitrogen and oxygen atoms in total. The number of anilines is 1. The Balaban J connectivity index is 2.28. The molecule has 0 bridgehead atoms. The van der Waals surface area contributed by atoms with Crippen molar-refractivity contribution >= 4 is 29.4 Å². The SMILES string of the molecule is CNC(=O)CN1C(=O)C(=O)N(c2ccc(OC)cc2)C1=O. The van der Waals surface area contributed by atoms with Gasteiger partial charge in [0.2, 0.25) is 5.91 Å². The molecule has 1 fully saturated rings. The lowest BCUT2D eigenvalue weighted by atomic mass is 10.3. The van der Waals surface area contributed by atoms with E-state index in [1.54, 1.807) is 12.1 Å². The van der Waals surface area contributed by atoms with E-state index in [9.17, 15) is 19.2 Å². The zero-order valence-electron chi connectivity index (χ0n) is 11.5. The maximum Gasteiger partial charge on any atom is 0.339 e. The van der Waals surface area contributed by atoms with Gasteiger partial charge in [0.1, 0.15) is 12.3 Å². The highest BCUT2D eigenvalue weighted by molar-refractivity contribution is 6.53. The summed E-state index contributed by atoms with van der Waals surface area (Å²) in [5, 5.41) is 2.29. The zero-order chi connectivity index (χ0) is 15.6.